The van der Waals surface area contributed by atoms with Gasteiger partial charge in [-0.1, -0.05) is 66.7 Å². The molecule has 0 saturated carbocycles. The van der Waals surface area contributed by atoms with Crippen molar-refractivity contribution in [3.8, 4) is 0 Å². The third-order valence-corrected chi connectivity index (χ3v) is 6.73. The standard InChI is InChI=1S/C27H26F2N2O/c28-22-11-12-24(29)23(15-22)21-14-26(19-9-5-2-6-10-19)31(17-21)27(32)25-13-20(16-30-25)18-7-3-1-4-8-18/h1-12,14-15,20,23-26,30H,13,16-17H2/t20-,23?,24?,25+,26?/m1/s1. The lowest BCUT2D eigenvalue weighted by atomic mass is 9.90. The van der Waals surface area contributed by atoms with E-state index in [-0.39, 0.29) is 23.9 Å². The second-order valence-electron chi connectivity index (χ2n) is 8.75. The zero-order valence-corrected chi connectivity index (χ0v) is 17.7. The highest BCUT2D eigenvalue weighted by Gasteiger charge is 2.40. The first kappa shape index (κ1) is 20.8. The quantitative estimate of drug-likeness (QED) is 0.688. The summed E-state index contributed by atoms with van der Waals surface area (Å²) < 4.78 is 28.5. The zero-order chi connectivity index (χ0) is 22.1. The van der Waals surface area contributed by atoms with Crippen LogP contribution in [0.2, 0.25) is 0 Å². The van der Waals surface area contributed by atoms with Crippen molar-refractivity contribution in [2.45, 2.75) is 30.6 Å². The minimum Gasteiger partial charge on any atom is -0.327 e. The van der Waals surface area contributed by atoms with Crippen molar-refractivity contribution in [3.63, 3.8) is 0 Å². The molecule has 2 aromatic rings. The monoisotopic (exact) mass is 432 g/mol. The second kappa shape index (κ2) is 8.83. The molecule has 2 aliphatic heterocycles. The van der Waals surface area contributed by atoms with Gasteiger partial charge in [0, 0.05) is 19.0 Å². The van der Waals surface area contributed by atoms with Gasteiger partial charge in [-0.15, -0.1) is 0 Å². The molecule has 3 unspecified atom stereocenters. The van der Waals surface area contributed by atoms with Crippen molar-refractivity contribution in [2.24, 2.45) is 5.92 Å². The number of alkyl halides is 1. The summed E-state index contributed by atoms with van der Waals surface area (Å²) in [6.45, 7) is 1.05. The van der Waals surface area contributed by atoms with E-state index < -0.39 is 17.9 Å². The van der Waals surface area contributed by atoms with Crippen LogP contribution in [0, 0.1) is 5.92 Å². The molecule has 3 nitrogen and oxygen atoms in total. The number of benzene rings is 2. The number of rotatable bonds is 4. The van der Waals surface area contributed by atoms with Gasteiger partial charge in [-0.3, -0.25) is 4.79 Å². The number of hydrogen-bond acceptors (Lipinski definition) is 2. The Kier molecular flexibility index (Phi) is 5.75. The first-order chi connectivity index (χ1) is 15.6. The summed E-state index contributed by atoms with van der Waals surface area (Å²) in [5.41, 5.74) is 2.95. The summed E-state index contributed by atoms with van der Waals surface area (Å²) in [6, 6.07) is 19.4. The molecule has 5 atom stereocenters. The summed E-state index contributed by atoms with van der Waals surface area (Å²) >= 11 is 0. The number of nitrogens with one attached hydrogen (secondary N) is 1. The number of carbonyl (C=O) groups excluding carboxylic acids is 1. The molecular weight excluding hydrogens is 406 g/mol. The van der Waals surface area contributed by atoms with E-state index in [0.717, 1.165) is 24.1 Å². The minimum atomic E-state index is -1.29. The molecule has 5 heteroatoms. The van der Waals surface area contributed by atoms with Crippen LogP contribution in [-0.4, -0.2) is 36.1 Å². The van der Waals surface area contributed by atoms with Crippen molar-refractivity contribution in [3.05, 3.63) is 107 Å². The van der Waals surface area contributed by atoms with Gasteiger partial charge >= 0.3 is 0 Å². The third kappa shape index (κ3) is 4.05. The molecule has 0 aromatic heterocycles. The molecule has 1 fully saturated rings. The summed E-state index contributed by atoms with van der Waals surface area (Å²) in [7, 11) is 0. The molecule has 3 aliphatic rings. The van der Waals surface area contributed by atoms with Gasteiger partial charge in [-0.2, -0.15) is 0 Å². The van der Waals surface area contributed by atoms with Gasteiger partial charge in [-0.25, -0.2) is 8.78 Å². The van der Waals surface area contributed by atoms with Crippen LogP contribution >= 0.6 is 0 Å². The molecule has 0 radical (unpaired) electrons. The van der Waals surface area contributed by atoms with Crippen molar-refractivity contribution >= 4 is 5.91 Å². The Bertz CT molecular complexity index is 1060. The van der Waals surface area contributed by atoms with Crippen LogP contribution in [0.4, 0.5) is 8.78 Å². The molecule has 2 aromatic carbocycles. The highest BCUT2D eigenvalue weighted by Crippen LogP contribution is 2.38. The molecule has 1 amide bonds. The van der Waals surface area contributed by atoms with E-state index in [2.05, 4.69) is 17.4 Å². The van der Waals surface area contributed by atoms with Gasteiger partial charge in [0.1, 0.15) is 12.0 Å². The van der Waals surface area contributed by atoms with Crippen LogP contribution in [-0.2, 0) is 4.79 Å². The summed E-state index contributed by atoms with van der Waals surface area (Å²) in [5.74, 6) is -0.826. The smallest absolute Gasteiger partial charge is 0.240 e. The second-order valence-corrected chi connectivity index (χ2v) is 8.75. The van der Waals surface area contributed by atoms with Gasteiger partial charge in [0.25, 0.3) is 0 Å². The maximum atomic E-state index is 14.6. The molecule has 1 saturated heterocycles. The van der Waals surface area contributed by atoms with E-state index in [1.165, 1.54) is 23.8 Å². The van der Waals surface area contributed by atoms with Crippen molar-refractivity contribution in [1.29, 1.82) is 0 Å². The minimum absolute atomic E-state index is 0.00902. The first-order valence-corrected chi connectivity index (χ1v) is 11.1. The number of hydrogen-bond donors (Lipinski definition) is 1. The van der Waals surface area contributed by atoms with E-state index in [0.29, 0.717) is 6.54 Å². The predicted molar refractivity (Wildman–Crippen MR) is 121 cm³/mol. The highest BCUT2D eigenvalue weighted by molar-refractivity contribution is 5.84. The molecule has 1 aliphatic carbocycles. The molecule has 164 valence electrons. The van der Waals surface area contributed by atoms with E-state index in [9.17, 15) is 13.6 Å². The maximum absolute atomic E-state index is 14.6. The fraction of sp³-hybridized carbons (Fsp3) is 0.296. The first-order valence-electron chi connectivity index (χ1n) is 11.1. The van der Waals surface area contributed by atoms with Crippen LogP contribution in [0.15, 0.2) is 96.4 Å². The summed E-state index contributed by atoms with van der Waals surface area (Å²) in [4.78, 5) is 15.4. The van der Waals surface area contributed by atoms with Crippen molar-refractivity contribution in [2.75, 3.05) is 13.1 Å². The van der Waals surface area contributed by atoms with Crippen LogP contribution in [0.1, 0.15) is 29.5 Å². The fourth-order valence-corrected chi connectivity index (χ4v) is 5.04. The molecule has 0 bridgehead atoms. The lowest BCUT2D eigenvalue weighted by Gasteiger charge is -2.28. The normalized spacial score (nSPS) is 29.7. The Morgan fingerprint density at radius 1 is 0.969 bits per heavy atom. The topological polar surface area (TPSA) is 32.3 Å². The number of amides is 1. The van der Waals surface area contributed by atoms with Crippen LogP contribution in [0.25, 0.3) is 0 Å². The zero-order valence-electron chi connectivity index (χ0n) is 17.7. The lowest BCUT2D eigenvalue weighted by molar-refractivity contribution is -0.133. The van der Waals surface area contributed by atoms with Gasteiger partial charge in [0.2, 0.25) is 5.91 Å². The molecule has 1 N–H and O–H groups in total. The Balaban J connectivity index is 1.39. The van der Waals surface area contributed by atoms with E-state index in [1.807, 2.05) is 59.5 Å². The van der Waals surface area contributed by atoms with Crippen molar-refractivity contribution in [1.82, 2.24) is 10.2 Å². The van der Waals surface area contributed by atoms with E-state index >= 15 is 0 Å². The largest absolute Gasteiger partial charge is 0.327 e. The van der Waals surface area contributed by atoms with E-state index in [4.69, 9.17) is 0 Å². The number of carbonyl (C=O) groups is 1. The highest BCUT2D eigenvalue weighted by atomic mass is 19.1. The Labute approximate surface area is 187 Å². The van der Waals surface area contributed by atoms with Crippen LogP contribution in [0.3, 0.4) is 0 Å². The van der Waals surface area contributed by atoms with Gasteiger partial charge in [0.15, 0.2) is 0 Å². The lowest BCUT2D eigenvalue weighted by Crippen LogP contribution is -2.44. The Morgan fingerprint density at radius 3 is 2.38 bits per heavy atom. The van der Waals surface area contributed by atoms with Gasteiger partial charge < -0.3 is 10.2 Å². The fourth-order valence-electron chi connectivity index (χ4n) is 5.04. The SMILES string of the molecule is O=C([C@@H]1C[C@@H](c2ccccc2)CN1)N1CC(C2C=C(F)C=CC2F)=CC1c1ccccc1. The molecule has 5 rings (SSSR count). The van der Waals surface area contributed by atoms with Crippen molar-refractivity contribution < 1.29 is 13.6 Å². The summed E-state index contributed by atoms with van der Waals surface area (Å²) in [6.07, 6.45) is 5.12. The molecule has 32 heavy (non-hydrogen) atoms. The Morgan fingerprint density at radius 2 is 1.66 bits per heavy atom. The maximum Gasteiger partial charge on any atom is 0.240 e. The summed E-state index contributed by atoms with van der Waals surface area (Å²) in [5, 5.41) is 3.39. The number of nitrogens with zero attached hydrogens (tertiary/aromatic N) is 1. The average Bonchev–Trinajstić information content (AvgIpc) is 3.50. The molecule has 2 heterocycles. The molecular formula is C27H26F2N2O. The van der Waals surface area contributed by atoms with Gasteiger partial charge in [-0.05, 0) is 47.3 Å². The third-order valence-electron chi connectivity index (χ3n) is 6.73. The predicted octanol–water partition coefficient (Wildman–Crippen LogP) is 5.02. The number of allylic oxidation sites excluding steroid dienone is 4. The molecule has 0 spiro atoms. The van der Waals surface area contributed by atoms with Gasteiger partial charge in [0.05, 0.1) is 12.1 Å². The average molecular weight is 433 g/mol. The van der Waals surface area contributed by atoms with Crippen LogP contribution < -0.4 is 5.32 Å². The number of halogens is 2. The Hall–Kier alpha value is -3.05. The van der Waals surface area contributed by atoms with Crippen LogP contribution in [0.5, 0.6) is 0 Å². The van der Waals surface area contributed by atoms with E-state index in [1.54, 1.807) is 0 Å².